The standard InChI is InChI=1S/C27H32N2O7/c1-16-21(13-17-7-9-19(10-8-17)18-5-3-2-4-6-18)26(28-29(16)20-11-12-34-15-20)36-27-25(33)24(32)23(31)22(14-30)35-27/h2-10,20,22-25,27,30-33H,11-15H2,1H3/t20?,22-,23-,24+,25-,27?/m1/s1. The SMILES string of the molecule is Cc1c(Cc2ccc(-c3ccccc3)cc2)c(OC2O[C@H](CO)[C@@H](O)[C@H](O)[C@H]2O)nn1C1CCOC1. The number of benzene rings is 2. The molecule has 0 bridgehead atoms. The van der Waals surface area contributed by atoms with Crippen LogP contribution in [-0.4, -0.2) is 80.7 Å². The van der Waals surface area contributed by atoms with E-state index in [4.69, 9.17) is 19.3 Å². The molecule has 5 rings (SSSR count). The van der Waals surface area contributed by atoms with Crippen molar-refractivity contribution in [1.29, 1.82) is 0 Å². The molecule has 0 radical (unpaired) electrons. The molecule has 0 amide bonds. The van der Waals surface area contributed by atoms with Gasteiger partial charge in [-0.3, -0.25) is 4.68 Å². The van der Waals surface area contributed by atoms with Crippen LogP contribution in [0.1, 0.15) is 29.3 Å². The Balaban J connectivity index is 1.43. The largest absolute Gasteiger partial charge is 0.443 e. The van der Waals surface area contributed by atoms with Crippen LogP contribution >= 0.6 is 0 Å². The number of aromatic nitrogens is 2. The van der Waals surface area contributed by atoms with Gasteiger partial charge in [0.05, 0.1) is 19.3 Å². The third-order valence-electron chi connectivity index (χ3n) is 7.01. The van der Waals surface area contributed by atoms with E-state index >= 15 is 0 Å². The van der Waals surface area contributed by atoms with Crippen molar-refractivity contribution in [2.45, 2.75) is 56.5 Å². The van der Waals surface area contributed by atoms with E-state index in [1.807, 2.05) is 29.8 Å². The van der Waals surface area contributed by atoms with Gasteiger partial charge >= 0.3 is 0 Å². The van der Waals surface area contributed by atoms with Gasteiger partial charge in [0.15, 0.2) is 0 Å². The zero-order valence-electron chi connectivity index (χ0n) is 20.1. The fourth-order valence-corrected chi connectivity index (χ4v) is 4.82. The third kappa shape index (κ3) is 4.90. The summed E-state index contributed by atoms with van der Waals surface area (Å²) < 4.78 is 19.0. The number of nitrogens with zero attached hydrogens (tertiary/aromatic N) is 2. The van der Waals surface area contributed by atoms with Crippen LogP contribution in [0.4, 0.5) is 0 Å². The van der Waals surface area contributed by atoms with Crippen LogP contribution in [0.5, 0.6) is 5.88 Å². The van der Waals surface area contributed by atoms with Gasteiger partial charge in [0.25, 0.3) is 0 Å². The Hall–Kier alpha value is -2.79. The Labute approximate surface area is 209 Å². The Morgan fingerprint density at radius 3 is 2.36 bits per heavy atom. The lowest BCUT2D eigenvalue weighted by Gasteiger charge is -2.39. The van der Waals surface area contributed by atoms with Crippen LogP contribution < -0.4 is 4.74 Å². The number of rotatable bonds is 7. The first-order valence-electron chi connectivity index (χ1n) is 12.2. The average molecular weight is 497 g/mol. The maximum absolute atomic E-state index is 10.5. The quantitative estimate of drug-likeness (QED) is 0.389. The molecule has 2 aliphatic heterocycles. The highest BCUT2D eigenvalue weighted by atomic mass is 16.7. The van der Waals surface area contributed by atoms with Crippen molar-refractivity contribution >= 4 is 0 Å². The summed E-state index contributed by atoms with van der Waals surface area (Å²) in [6.45, 7) is 2.65. The number of aliphatic hydroxyl groups is 4. The van der Waals surface area contributed by atoms with Crippen molar-refractivity contribution < 1.29 is 34.6 Å². The van der Waals surface area contributed by atoms with Crippen LogP contribution in [0, 0.1) is 6.92 Å². The van der Waals surface area contributed by atoms with Gasteiger partial charge in [-0.15, -0.1) is 5.10 Å². The molecular formula is C27H32N2O7. The van der Waals surface area contributed by atoms with E-state index in [2.05, 4.69) is 36.4 Å². The molecule has 0 spiro atoms. The monoisotopic (exact) mass is 496 g/mol. The van der Waals surface area contributed by atoms with Gasteiger partial charge < -0.3 is 34.6 Å². The highest BCUT2D eigenvalue weighted by Crippen LogP contribution is 2.32. The minimum Gasteiger partial charge on any atom is -0.443 e. The minimum atomic E-state index is -1.53. The molecule has 2 fully saturated rings. The lowest BCUT2D eigenvalue weighted by atomic mass is 9.99. The van der Waals surface area contributed by atoms with Gasteiger partial charge in [0.2, 0.25) is 12.2 Å². The molecule has 2 unspecified atom stereocenters. The molecule has 36 heavy (non-hydrogen) atoms. The molecule has 2 aliphatic rings. The van der Waals surface area contributed by atoms with Crippen molar-refractivity contribution in [3.8, 4) is 17.0 Å². The van der Waals surface area contributed by atoms with E-state index in [-0.39, 0.29) is 11.9 Å². The smallest absolute Gasteiger partial charge is 0.239 e. The number of hydrogen-bond donors (Lipinski definition) is 4. The zero-order valence-corrected chi connectivity index (χ0v) is 20.1. The Morgan fingerprint density at radius 2 is 1.69 bits per heavy atom. The predicted molar refractivity (Wildman–Crippen MR) is 131 cm³/mol. The molecule has 3 heterocycles. The molecule has 9 nitrogen and oxygen atoms in total. The number of aliphatic hydroxyl groups excluding tert-OH is 4. The highest BCUT2D eigenvalue weighted by Gasteiger charge is 2.45. The fourth-order valence-electron chi connectivity index (χ4n) is 4.82. The maximum atomic E-state index is 10.5. The van der Waals surface area contributed by atoms with Crippen LogP contribution in [0.2, 0.25) is 0 Å². The normalized spacial score (nSPS) is 28.4. The van der Waals surface area contributed by atoms with E-state index in [0.717, 1.165) is 34.4 Å². The van der Waals surface area contributed by atoms with Crippen molar-refractivity contribution in [2.24, 2.45) is 0 Å². The van der Waals surface area contributed by atoms with Crippen LogP contribution in [0.3, 0.4) is 0 Å². The van der Waals surface area contributed by atoms with Crippen LogP contribution in [0.15, 0.2) is 54.6 Å². The van der Waals surface area contributed by atoms with Crippen LogP contribution in [-0.2, 0) is 15.9 Å². The van der Waals surface area contributed by atoms with Gasteiger partial charge in [0.1, 0.15) is 24.4 Å². The van der Waals surface area contributed by atoms with Crippen molar-refractivity contribution in [2.75, 3.05) is 19.8 Å². The fraction of sp³-hybridized carbons (Fsp3) is 0.444. The van der Waals surface area contributed by atoms with Gasteiger partial charge in [-0.2, -0.15) is 0 Å². The van der Waals surface area contributed by atoms with Crippen molar-refractivity contribution in [3.63, 3.8) is 0 Å². The topological polar surface area (TPSA) is 126 Å². The summed E-state index contributed by atoms with van der Waals surface area (Å²) >= 11 is 0. The second-order valence-corrected chi connectivity index (χ2v) is 9.39. The maximum Gasteiger partial charge on any atom is 0.239 e. The van der Waals surface area contributed by atoms with E-state index in [0.29, 0.717) is 19.6 Å². The Bertz CT molecular complexity index is 1140. The molecule has 3 aromatic rings. The predicted octanol–water partition coefficient (Wildman–Crippen LogP) is 1.59. The molecule has 0 aliphatic carbocycles. The highest BCUT2D eigenvalue weighted by molar-refractivity contribution is 5.63. The number of ether oxygens (including phenoxy) is 3. The summed E-state index contributed by atoms with van der Waals surface area (Å²) in [5.41, 5.74) is 5.05. The molecular weight excluding hydrogens is 464 g/mol. The first-order chi connectivity index (χ1) is 17.5. The average Bonchev–Trinajstić information content (AvgIpc) is 3.54. The first-order valence-corrected chi connectivity index (χ1v) is 12.2. The lowest BCUT2D eigenvalue weighted by Crippen LogP contribution is -2.60. The second kappa shape index (κ2) is 10.7. The van der Waals surface area contributed by atoms with E-state index in [1.165, 1.54) is 0 Å². The summed E-state index contributed by atoms with van der Waals surface area (Å²) in [5.74, 6) is 0.274. The first kappa shape index (κ1) is 24.9. The summed E-state index contributed by atoms with van der Waals surface area (Å²) in [7, 11) is 0. The third-order valence-corrected chi connectivity index (χ3v) is 7.01. The Morgan fingerprint density at radius 1 is 0.972 bits per heavy atom. The van der Waals surface area contributed by atoms with Gasteiger partial charge in [-0.25, -0.2) is 0 Å². The van der Waals surface area contributed by atoms with Crippen molar-refractivity contribution in [1.82, 2.24) is 9.78 Å². The van der Waals surface area contributed by atoms with E-state index in [9.17, 15) is 20.4 Å². The molecule has 6 atom stereocenters. The molecule has 2 aromatic carbocycles. The lowest BCUT2D eigenvalue weighted by molar-refractivity contribution is -0.278. The Kier molecular flexibility index (Phi) is 7.38. The molecule has 0 saturated carbocycles. The molecule has 4 N–H and O–H groups in total. The van der Waals surface area contributed by atoms with Gasteiger partial charge in [-0.05, 0) is 30.0 Å². The summed E-state index contributed by atoms with van der Waals surface area (Å²) in [5, 5.41) is 45.0. The van der Waals surface area contributed by atoms with Gasteiger partial charge in [-0.1, -0.05) is 54.6 Å². The molecule has 192 valence electrons. The summed E-state index contributed by atoms with van der Waals surface area (Å²) in [6, 6.07) is 18.5. The minimum absolute atomic E-state index is 0.0661. The molecule has 9 heteroatoms. The molecule has 1 aromatic heterocycles. The van der Waals surface area contributed by atoms with E-state index < -0.39 is 37.3 Å². The van der Waals surface area contributed by atoms with Crippen LogP contribution in [0.25, 0.3) is 11.1 Å². The zero-order chi connectivity index (χ0) is 25.2. The van der Waals surface area contributed by atoms with E-state index in [1.54, 1.807) is 0 Å². The number of hydrogen-bond acceptors (Lipinski definition) is 8. The van der Waals surface area contributed by atoms with Crippen molar-refractivity contribution in [3.05, 3.63) is 71.4 Å². The summed E-state index contributed by atoms with van der Waals surface area (Å²) in [6.07, 6.45) is -5.50. The molecule has 2 saturated heterocycles. The second-order valence-electron chi connectivity index (χ2n) is 9.39. The van der Waals surface area contributed by atoms with Gasteiger partial charge in [0, 0.05) is 24.3 Å². The summed E-state index contributed by atoms with van der Waals surface area (Å²) in [4.78, 5) is 0.